The van der Waals surface area contributed by atoms with Crippen molar-refractivity contribution >= 4 is 50.8 Å². The van der Waals surface area contributed by atoms with E-state index in [2.05, 4.69) is 20.2 Å². The van der Waals surface area contributed by atoms with Crippen LogP contribution in [0, 0.1) is 0 Å². The van der Waals surface area contributed by atoms with Gasteiger partial charge in [0.05, 0.1) is 4.90 Å². The van der Waals surface area contributed by atoms with E-state index in [0.717, 1.165) is 5.75 Å². The average Bonchev–Trinajstić information content (AvgIpc) is 2.71. The number of carbonyl (C=O) groups is 1. The minimum atomic E-state index is -3.81. The molecule has 0 atom stereocenters. The van der Waals surface area contributed by atoms with Crippen LogP contribution in [-0.2, 0) is 14.8 Å². The van der Waals surface area contributed by atoms with E-state index in [1.54, 1.807) is 12.1 Å². The van der Waals surface area contributed by atoms with Gasteiger partial charge in [-0.2, -0.15) is 11.8 Å². The molecule has 0 saturated heterocycles. The van der Waals surface area contributed by atoms with Crippen molar-refractivity contribution < 1.29 is 13.2 Å². The van der Waals surface area contributed by atoms with Crippen molar-refractivity contribution in [3.05, 3.63) is 41.6 Å². The van der Waals surface area contributed by atoms with E-state index in [-0.39, 0.29) is 21.8 Å². The lowest BCUT2D eigenvalue weighted by Crippen LogP contribution is -2.16. The number of aromatic nitrogens is 2. The summed E-state index contributed by atoms with van der Waals surface area (Å²) in [5.74, 6) is 0.801. The van der Waals surface area contributed by atoms with Crippen LogP contribution < -0.4 is 10.0 Å². The van der Waals surface area contributed by atoms with Gasteiger partial charge in [0.15, 0.2) is 11.0 Å². The van der Waals surface area contributed by atoms with Gasteiger partial charge in [-0.15, -0.1) is 10.2 Å². The Morgan fingerprint density at radius 2 is 1.79 bits per heavy atom. The predicted molar refractivity (Wildman–Crippen MR) is 117 cm³/mol. The fourth-order valence-electron chi connectivity index (χ4n) is 3.06. The fourth-order valence-corrected chi connectivity index (χ4v) is 5.46. The van der Waals surface area contributed by atoms with Crippen molar-refractivity contribution in [1.29, 1.82) is 0 Å². The van der Waals surface area contributed by atoms with E-state index in [1.165, 1.54) is 56.4 Å². The minimum Gasteiger partial charge on any atom is -0.326 e. The van der Waals surface area contributed by atoms with Crippen LogP contribution in [0.25, 0.3) is 0 Å². The van der Waals surface area contributed by atoms with Gasteiger partial charge in [-0.1, -0.05) is 30.9 Å². The molecule has 0 radical (unpaired) electrons. The van der Waals surface area contributed by atoms with Crippen LogP contribution in [0.2, 0.25) is 5.15 Å². The van der Waals surface area contributed by atoms with Crippen molar-refractivity contribution in [3.8, 4) is 0 Å². The lowest BCUT2D eigenvalue weighted by Gasteiger charge is -2.20. The normalized spacial score (nSPS) is 15.1. The van der Waals surface area contributed by atoms with Crippen LogP contribution in [-0.4, -0.2) is 35.5 Å². The number of halogens is 1. The standard InChI is InChI=1S/C19H23ClN4O3S2/c20-17-10-11-18(23-22-17)24-29(26,27)16-8-6-14(7-9-16)21-19(25)12-13-28-15-4-2-1-3-5-15/h6-11,15H,1-5,12-13H2,(H,21,25)(H,23,24). The number of amides is 1. The molecule has 1 heterocycles. The summed E-state index contributed by atoms with van der Waals surface area (Å²) in [6, 6.07) is 8.85. The molecule has 1 aromatic heterocycles. The largest absolute Gasteiger partial charge is 0.326 e. The number of benzene rings is 1. The molecule has 2 N–H and O–H groups in total. The molecule has 29 heavy (non-hydrogen) atoms. The Bertz CT molecular complexity index is 915. The molecule has 0 bridgehead atoms. The van der Waals surface area contributed by atoms with Gasteiger partial charge >= 0.3 is 0 Å². The molecule has 1 aromatic carbocycles. The summed E-state index contributed by atoms with van der Waals surface area (Å²) >= 11 is 7.52. The molecule has 3 rings (SSSR count). The Labute approximate surface area is 180 Å². The summed E-state index contributed by atoms with van der Waals surface area (Å²) < 4.78 is 27.2. The molecular weight excluding hydrogens is 432 g/mol. The first-order valence-corrected chi connectivity index (χ1v) is 12.4. The SMILES string of the molecule is O=C(CCSC1CCCCC1)Nc1ccc(S(=O)(=O)Nc2ccc(Cl)nn2)cc1. The van der Waals surface area contributed by atoms with Crippen molar-refractivity contribution in [2.45, 2.75) is 48.7 Å². The monoisotopic (exact) mass is 454 g/mol. The summed E-state index contributed by atoms with van der Waals surface area (Å²) in [5.41, 5.74) is 0.558. The van der Waals surface area contributed by atoms with E-state index >= 15 is 0 Å². The van der Waals surface area contributed by atoms with Crippen molar-refractivity contribution in [2.24, 2.45) is 0 Å². The van der Waals surface area contributed by atoms with Crippen LogP contribution in [0.3, 0.4) is 0 Å². The highest BCUT2D eigenvalue weighted by atomic mass is 35.5. The van der Waals surface area contributed by atoms with E-state index < -0.39 is 10.0 Å². The van der Waals surface area contributed by atoms with E-state index in [4.69, 9.17) is 11.6 Å². The number of anilines is 2. The maximum atomic E-state index is 12.4. The molecule has 0 aliphatic heterocycles. The van der Waals surface area contributed by atoms with E-state index in [9.17, 15) is 13.2 Å². The van der Waals surface area contributed by atoms with Gasteiger partial charge in [0.1, 0.15) is 0 Å². The first-order valence-electron chi connectivity index (χ1n) is 9.46. The number of nitrogens with zero attached hydrogens (tertiary/aromatic N) is 2. The molecular formula is C19H23ClN4O3S2. The van der Waals surface area contributed by atoms with Crippen LogP contribution in [0.5, 0.6) is 0 Å². The van der Waals surface area contributed by atoms with Crippen LogP contribution in [0.1, 0.15) is 38.5 Å². The van der Waals surface area contributed by atoms with E-state index in [0.29, 0.717) is 17.4 Å². The van der Waals surface area contributed by atoms with Crippen molar-refractivity contribution in [1.82, 2.24) is 10.2 Å². The third-order valence-electron chi connectivity index (χ3n) is 4.55. The molecule has 0 spiro atoms. The zero-order chi connectivity index (χ0) is 20.7. The summed E-state index contributed by atoms with van der Waals surface area (Å²) in [5, 5.41) is 10.9. The van der Waals surface area contributed by atoms with Gasteiger partial charge < -0.3 is 5.32 Å². The third kappa shape index (κ3) is 6.87. The Hall–Kier alpha value is -1.84. The maximum absolute atomic E-state index is 12.4. The summed E-state index contributed by atoms with van der Waals surface area (Å²) in [4.78, 5) is 12.2. The zero-order valence-electron chi connectivity index (χ0n) is 15.8. The lowest BCUT2D eigenvalue weighted by molar-refractivity contribution is -0.115. The molecule has 10 heteroatoms. The number of sulfonamides is 1. The molecule has 1 fully saturated rings. The number of hydrogen-bond donors (Lipinski definition) is 2. The molecule has 1 amide bonds. The predicted octanol–water partition coefficient (Wildman–Crippen LogP) is 4.33. The summed E-state index contributed by atoms with van der Waals surface area (Å²) in [7, 11) is -3.81. The van der Waals surface area contributed by atoms with Crippen molar-refractivity contribution in [3.63, 3.8) is 0 Å². The number of carbonyl (C=O) groups excluding carboxylic acids is 1. The second-order valence-electron chi connectivity index (χ2n) is 6.80. The van der Waals surface area contributed by atoms with Gasteiger partial charge in [-0.3, -0.25) is 9.52 Å². The average molecular weight is 455 g/mol. The topological polar surface area (TPSA) is 101 Å². The highest BCUT2D eigenvalue weighted by molar-refractivity contribution is 7.99. The maximum Gasteiger partial charge on any atom is 0.263 e. The van der Waals surface area contributed by atoms with Gasteiger partial charge in [0.25, 0.3) is 10.0 Å². The molecule has 2 aromatic rings. The fraction of sp³-hybridized carbons (Fsp3) is 0.421. The van der Waals surface area contributed by atoms with Gasteiger partial charge in [0, 0.05) is 23.1 Å². The first-order chi connectivity index (χ1) is 13.9. The first kappa shape index (κ1) is 21.9. The highest BCUT2D eigenvalue weighted by Crippen LogP contribution is 2.28. The Morgan fingerprint density at radius 1 is 1.07 bits per heavy atom. The second kappa shape index (κ2) is 10.3. The number of thioether (sulfide) groups is 1. The molecule has 0 unspecified atom stereocenters. The quantitative estimate of drug-likeness (QED) is 0.615. The molecule has 1 aliphatic carbocycles. The number of nitrogens with one attached hydrogen (secondary N) is 2. The van der Waals surface area contributed by atoms with Gasteiger partial charge in [0.2, 0.25) is 5.91 Å². The molecule has 1 aliphatic rings. The number of rotatable bonds is 8. The lowest BCUT2D eigenvalue weighted by atomic mass is 10.0. The molecule has 7 nitrogen and oxygen atoms in total. The zero-order valence-corrected chi connectivity index (χ0v) is 18.2. The Kier molecular flexibility index (Phi) is 7.74. The summed E-state index contributed by atoms with van der Waals surface area (Å²) in [6.07, 6.45) is 6.84. The minimum absolute atomic E-state index is 0.0557. The smallest absolute Gasteiger partial charge is 0.263 e. The van der Waals surface area contributed by atoms with Crippen LogP contribution in [0.15, 0.2) is 41.3 Å². The van der Waals surface area contributed by atoms with Gasteiger partial charge in [-0.05, 0) is 49.2 Å². The van der Waals surface area contributed by atoms with E-state index in [1.807, 2.05) is 11.8 Å². The molecule has 1 saturated carbocycles. The molecule has 156 valence electrons. The second-order valence-corrected chi connectivity index (χ2v) is 10.3. The third-order valence-corrected chi connectivity index (χ3v) is 7.51. The Balaban J connectivity index is 1.49. The Morgan fingerprint density at radius 3 is 2.45 bits per heavy atom. The van der Waals surface area contributed by atoms with Crippen LogP contribution in [0.4, 0.5) is 11.5 Å². The van der Waals surface area contributed by atoms with Crippen molar-refractivity contribution in [2.75, 3.05) is 15.8 Å². The summed E-state index contributed by atoms with van der Waals surface area (Å²) in [6.45, 7) is 0. The van der Waals surface area contributed by atoms with Crippen LogP contribution >= 0.6 is 23.4 Å². The highest BCUT2D eigenvalue weighted by Gasteiger charge is 2.16. The number of hydrogen-bond acceptors (Lipinski definition) is 6. The van der Waals surface area contributed by atoms with Gasteiger partial charge in [-0.25, -0.2) is 8.42 Å².